The van der Waals surface area contributed by atoms with Crippen LogP contribution in [0, 0.1) is 11.3 Å². The first-order valence-electron chi connectivity index (χ1n) is 5.07. The largest absolute Gasteiger partial charge is 0.456 e. The molecule has 0 spiro atoms. The van der Waals surface area contributed by atoms with Crippen LogP contribution < -0.4 is 0 Å². The molecule has 0 aromatic heterocycles. The van der Waals surface area contributed by atoms with Crippen molar-refractivity contribution in [3.63, 3.8) is 0 Å². The van der Waals surface area contributed by atoms with Crippen LogP contribution in [0.1, 0.15) is 47.5 Å². The monoisotopic (exact) mass is 199 g/mol. The number of ether oxygens (including phenoxy) is 1. The van der Waals surface area contributed by atoms with Crippen LogP contribution in [0.4, 0.5) is 0 Å². The minimum atomic E-state index is -0.501. The van der Waals surface area contributed by atoms with Gasteiger partial charge in [0.05, 0.1) is 0 Å². The highest BCUT2D eigenvalue weighted by molar-refractivity contribution is 6.35. The van der Waals surface area contributed by atoms with Crippen molar-refractivity contribution in [2.24, 2.45) is 5.92 Å². The maximum atomic E-state index is 11.4. The van der Waals surface area contributed by atoms with Crippen molar-refractivity contribution in [3.05, 3.63) is 0 Å². The molecule has 0 bridgehead atoms. The van der Waals surface area contributed by atoms with Crippen molar-refractivity contribution >= 4 is 11.7 Å². The summed E-state index contributed by atoms with van der Waals surface area (Å²) in [7, 11) is 0. The van der Waals surface area contributed by atoms with Crippen LogP contribution in [0.25, 0.3) is 0 Å². The number of carbonyl (C=O) groups is 1. The fourth-order valence-corrected chi connectivity index (χ4v) is 0.916. The Morgan fingerprint density at radius 3 is 2.29 bits per heavy atom. The van der Waals surface area contributed by atoms with Gasteiger partial charge >= 0.3 is 5.97 Å². The standard InChI is InChI=1S/C11H21NO2/c1-6-8(2)7-9(12)10(13)14-11(3,4)5/h8,12H,6-7H2,1-5H3. The summed E-state index contributed by atoms with van der Waals surface area (Å²) in [6.45, 7) is 9.50. The molecule has 0 heterocycles. The van der Waals surface area contributed by atoms with Gasteiger partial charge in [-0.05, 0) is 33.1 Å². The highest BCUT2D eigenvalue weighted by Crippen LogP contribution is 2.11. The fourth-order valence-electron chi connectivity index (χ4n) is 0.916. The van der Waals surface area contributed by atoms with Crippen LogP contribution in [0.5, 0.6) is 0 Å². The van der Waals surface area contributed by atoms with E-state index in [4.69, 9.17) is 10.1 Å². The van der Waals surface area contributed by atoms with Gasteiger partial charge in [-0.2, -0.15) is 0 Å². The van der Waals surface area contributed by atoms with Crippen molar-refractivity contribution < 1.29 is 9.53 Å². The summed E-state index contributed by atoms with van der Waals surface area (Å²) >= 11 is 0. The molecule has 0 aliphatic carbocycles. The SMILES string of the molecule is CCC(C)CC(=N)C(=O)OC(C)(C)C. The fraction of sp³-hybridized carbons (Fsp3) is 0.818. The smallest absolute Gasteiger partial charge is 0.352 e. The highest BCUT2D eigenvalue weighted by Gasteiger charge is 2.20. The third-order valence-corrected chi connectivity index (χ3v) is 1.89. The zero-order chi connectivity index (χ0) is 11.4. The molecule has 0 radical (unpaired) electrons. The first-order valence-corrected chi connectivity index (χ1v) is 5.07. The van der Waals surface area contributed by atoms with E-state index in [1.54, 1.807) is 20.8 Å². The molecule has 0 aromatic carbocycles. The van der Waals surface area contributed by atoms with Crippen LogP contribution in [0.2, 0.25) is 0 Å². The van der Waals surface area contributed by atoms with Crippen LogP contribution in [-0.4, -0.2) is 17.3 Å². The van der Waals surface area contributed by atoms with Crippen molar-refractivity contribution in [1.29, 1.82) is 5.41 Å². The molecule has 3 nitrogen and oxygen atoms in total. The van der Waals surface area contributed by atoms with Gasteiger partial charge in [-0.1, -0.05) is 20.3 Å². The third kappa shape index (κ3) is 5.73. The number of rotatable bonds is 4. The molecule has 0 saturated carbocycles. The Morgan fingerprint density at radius 1 is 1.43 bits per heavy atom. The van der Waals surface area contributed by atoms with Gasteiger partial charge in [0.15, 0.2) is 0 Å². The Kier molecular flexibility index (Phi) is 4.81. The van der Waals surface area contributed by atoms with E-state index in [-0.39, 0.29) is 5.71 Å². The Morgan fingerprint density at radius 2 is 1.93 bits per heavy atom. The lowest BCUT2D eigenvalue weighted by Crippen LogP contribution is -2.29. The predicted molar refractivity (Wildman–Crippen MR) is 57.6 cm³/mol. The zero-order valence-corrected chi connectivity index (χ0v) is 9.81. The molecular weight excluding hydrogens is 178 g/mol. The van der Waals surface area contributed by atoms with Crippen LogP contribution in [-0.2, 0) is 9.53 Å². The van der Waals surface area contributed by atoms with Gasteiger partial charge in [-0.3, -0.25) is 5.41 Å². The van der Waals surface area contributed by atoms with Crippen molar-refractivity contribution in [2.75, 3.05) is 0 Å². The molecule has 1 N–H and O–H groups in total. The lowest BCUT2D eigenvalue weighted by molar-refractivity contribution is -0.146. The van der Waals surface area contributed by atoms with Gasteiger partial charge in [-0.15, -0.1) is 0 Å². The van der Waals surface area contributed by atoms with Gasteiger partial charge in [0.1, 0.15) is 11.3 Å². The number of hydrogen-bond donors (Lipinski definition) is 1. The molecular formula is C11H21NO2. The highest BCUT2D eigenvalue weighted by atomic mass is 16.6. The van der Waals surface area contributed by atoms with E-state index < -0.39 is 11.6 Å². The Hall–Kier alpha value is -0.860. The van der Waals surface area contributed by atoms with Crippen molar-refractivity contribution in [2.45, 2.75) is 53.1 Å². The molecule has 0 amide bonds. The Bertz CT molecular complexity index is 216. The van der Waals surface area contributed by atoms with E-state index in [1.165, 1.54) is 0 Å². The summed E-state index contributed by atoms with van der Waals surface area (Å²) in [4.78, 5) is 11.4. The third-order valence-electron chi connectivity index (χ3n) is 1.89. The van der Waals surface area contributed by atoms with Gasteiger partial charge in [-0.25, -0.2) is 4.79 Å². The first-order chi connectivity index (χ1) is 6.26. The van der Waals surface area contributed by atoms with Crippen molar-refractivity contribution in [1.82, 2.24) is 0 Å². The summed E-state index contributed by atoms with van der Waals surface area (Å²) in [5.74, 6) is -0.118. The van der Waals surface area contributed by atoms with Gasteiger partial charge in [0.25, 0.3) is 0 Å². The van der Waals surface area contributed by atoms with E-state index in [0.29, 0.717) is 12.3 Å². The Labute approximate surface area is 86.3 Å². The maximum Gasteiger partial charge on any atom is 0.352 e. The summed E-state index contributed by atoms with van der Waals surface area (Å²) in [6.07, 6.45) is 1.48. The molecule has 3 heteroatoms. The van der Waals surface area contributed by atoms with E-state index >= 15 is 0 Å². The van der Waals surface area contributed by atoms with E-state index in [2.05, 4.69) is 0 Å². The number of hydrogen-bond acceptors (Lipinski definition) is 3. The van der Waals surface area contributed by atoms with Crippen LogP contribution >= 0.6 is 0 Å². The van der Waals surface area contributed by atoms with Crippen molar-refractivity contribution in [3.8, 4) is 0 Å². The molecule has 0 aliphatic heterocycles. The molecule has 82 valence electrons. The normalized spacial score (nSPS) is 13.5. The summed E-state index contributed by atoms with van der Waals surface area (Å²) in [6, 6.07) is 0. The lowest BCUT2D eigenvalue weighted by Gasteiger charge is -2.20. The molecule has 0 aliphatic rings. The molecule has 0 rings (SSSR count). The van der Waals surface area contributed by atoms with E-state index in [0.717, 1.165) is 6.42 Å². The quantitative estimate of drug-likeness (QED) is 0.559. The van der Waals surface area contributed by atoms with Crippen LogP contribution in [0.3, 0.4) is 0 Å². The molecule has 0 saturated heterocycles. The van der Waals surface area contributed by atoms with E-state index in [1.807, 2.05) is 13.8 Å². The average Bonchev–Trinajstić information content (AvgIpc) is 2.00. The second kappa shape index (κ2) is 5.13. The van der Waals surface area contributed by atoms with Gasteiger partial charge in [0, 0.05) is 0 Å². The average molecular weight is 199 g/mol. The maximum absolute atomic E-state index is 11.4. The molecule has 14 heavy (non-hydrogen) atoms. The number of carbonyl (C=O) groups excluding carboxylic acids is 1. The second-order valence-corrected chi connectivity index (χ2v) is 4.70. The molecule has 1 unspecified atom stereocenters. The second-order valence-electron chi connectivity index (χ2n) is 4.70. The summed E-state index contributed by atoms with van der Waals surface area (Å²) in [5, 5.41) is 7.53. The minimum absolute atomic E-state index is 0.0780. The minimum Gasteiger partial charge on any atom is -0.456 e. The molecule has 1 atom stereocenters. The summed E-state index contributed by atoms with van der Waals surface area (Å²) < 4.78 is 5.08. The summed E-state index contributed by atoms with van der Waals surface area (Å²) in [5.41, 5.74) is -0.423. The number of esters is 1. The van der Waals surface area contributed by atoms with E-state index in [9.17, 15) is 4.79 Å². The Balaban J connectivity index is 4.08. The molecule has 0 aromatic rings. The molecule has 0 fully saturated rings. The van der Waals surface area contributed by atoms with Crippen LogP contribution in [0.15, 0.2) is 0 Å². The van der Waals surface area contributed by atoms with Gasteiger partial charge in [0.2, 0.25) is 0 Å². The predicted octanol–water partition coefficient (Wildman–Crippen LogP) is 2.78. The first kappa shape index (κ1) is 13.1. The zero-order valence-electron chi connectivity index (χ0n) is 9.81. The lowest BCUT2D eigenvalue weighted by atomic mass is 10.0. The van der Waals surface area contributed by atoms with Gasteiger partial charge < -0.3 is 4.74 Å². The number of nitrogens with one attached hydrogen (secondary N) is 1. The topological polar surface area (TPSA) is 50.2 Å².